The zero-order chi connectivity index (χ0) is 20.9. The van der Waals surface area contributed by atoms with Crippen molar-refractivity contribution < 1.29 is 9.63 Å². The second-order valence-electron chi connectivity index (χ2n) is 6.94. The van der Waals surface area contributed by atoms with Crippen LogP contribution in [0.2, 0.25) is 0 Å². The fraction of sp³-hybridized carbons (Fsp3) is 0.130. The number of carbonyl (C=O) groups is 1. The number of amides is 1. The smallest absolute Gasteiger partial charge is 0.268 e. The van der Waals surface area contributed by atoms with Gasteiger partial charge in [0.15, 0.2) is 0 Å². The molecule has 0 spiro atoms. The molecule has 0 saturated carbocycles. The maximum Gasteiger partial charge on any atom is 0.268 e. The van der Waals surface area contributed by atoms with Gasteiger partial charge >= 0.3 is 0 Å². The molecule has 2 atom stereocenters. The van der Waals surface area contributed by atoms with Gasteiger partial charge in [0.05, 0.1) is 16.6 Å². The number of pyridine rings is 1. The Kier molecular flexibility index (Phi) is 5.81. The molecule has 6 nitrogen and oxygen atoms in total. The highest BCUT2D eigenvalue weighted by Crippen LogP contribution is 2.26. The van der Waals surface area contributed by atoms with Crippen LogP contribution in [0.1, 0.15) is 29.0 Å². The molecule has 0 saturated heterocycles. The van der Waals surface area contributed by atoms with Crippen molar-refractivity contribution in [3.05, 3.63) is 95.8 Å². The minimum Gasteiger partial charge on any atom is -0.393 e. The fourth-order valence-corrected chi connectivity index (χ4v) is 3.64. The molecular formula is C23H20N4O2S. The fourth-order valence-electron chi connectivity index (χ4n) is 3.37. The van der Waals surface area contributed by atoms with E-state index in [1.165, 1.54) is 0 Å². The predicted octanol–water partition coefficient (Wildman–Crippen LogP) is 3.63. The number of rotatable bonds is 6. The molecule has 3 aromatic rings. The van der Waals surface area contributed by atoms with E-state index in [0.717, 1.165) is 16.7 Å². The number of nitrogens with one attached hydrogen (secondary N) is 1. The Labute approximate surface area is 179 Å². The number of carbonyl (C=O) groups excluding carboxylic acids is 1. The van der Waals surface area contributed by atoms with Gasteiger partial charge in [-0.1, -0.05) is 59.8 Å². The number of aromatic nitrogens is 1. The van der Waals surface area contributed by atoms with Gasteiger partial charge in [0, 0.05) is 30.1 Å². The van der Waals surface area contributed by atoms with E-state index in [9.17, 15) is 4.79 Å². The number of nitrogens with zero attached hydrogens (tertiary/aromatic N) is 2. The lowest BCUT2D eigenvalue weighted by Gasteiger charge is -2.17. The van der Waals surface area contributed by atoms with Gasteiger partial charge in [-0.05, 0) is 35.4 Å². The summed E-state index contributed by atoms with van der Waals surface area (Å²) in [7, 11) is 0. The topological polar surface area (TPSA) is 89.6 Å². The predicted molar refractivity (Wildman–Crippen MR) is 120 cm³/mol. The Bertz CT molecular complexity index is 1070. The molecule has 1 amide bonds. The second-order valence-corrected chi connectivity index (χ2v) is 7.41. The molecule has 1 aliphatic heterocycles. The third-order valence-corrected chi connectivity index (χ3v) is 5.12. The van der Waals surface area contributed by atoms with Crippen molar-refractivity contribution in [3.8, 4) is 0 Å². The van der Waals surface area contributed by atoms with E-state index in [-0.39, 0.29) is 11.8 Å². The maximum atomic E-state index is 12.6. The van der Waals surface area contributed by atoms with Gasteiger partial charge in [0.25, 0.3) is 5.91 Å². The highest BCUT2D eigenvalue weighted by atomic mass is 32.1. The zero-order valence-electron chi connectivity index (χ0n) is 16.1. The molecule has 0 fully saturated rings. The first kappa shape index (κ1) is 19.7. The van der Waals surface area contributed by atoms with Gasteiger partial charge in [0.1, 0.15) is 0 Å². The molecule has 4 rings (SSSR count). The van der Waals surface area contributed by atoms with Crippen LogP contribution in [0.25, 0.3) is 0 Å². The van der Waals surface area contributed by atoms with Crippen molar-refractivity contribution in [3.63, 3.8) is 0 Å². The third-order valence-electron chi connectivity index (χ3n) is 4.89. The molecule has 0 bridgehead atoms. The summed E-state index contributed by atoms with van der Waals surface area (Å²) in [5, 5.41) is 6.90. The van der Waals surface area contributed by atoms with E-state index in [1.54, 1.807) is 12.4 Å². The molecule has 30 heavy (non-hydrogen) atoms. The largest absolute Gasteiger partial charge is 0.393 e. The summed E-state index contributed by atoms with van der Waals surface area (Å²) < 4.78 is 0. The Morgan fingerprint density at radius 3 is 2.47 bits per heavy atom. The van der Waals surface area contributed by atoms with Gasteiger partial charge in [-0.3, -0.25) is 9.78 Å². The molecular weight excluding hydrogens is 396 g/mol. The van der Waals surface area contributed by atoms with E-state index in [2.05, 4.69) is 15.5 Å². The molecule has 150 valence electrons. The standard InChI is InChI=1S/C23H20N4O2S/c24-22(30)21(15-5-2-1-3-6-15)16-8-10-18(11-9-16)26-23(28)20-13-19(27-29-20)17-7-4-12-25-14-17/h1-12,14,20-21H,13H2,(H2,24,30)(H,26,28). The summed E-state index contributed by atoms with van der Waals surface area (Å²) in [5.41, 5.74) is 10.2. The maximum absolute atomic E-state index is 12.6. The van der Waals surface area contributed by atoms with Gasteiger partial charge < -0.3 is 15.9 Å². The van der Waals surface area contributed by atoms with Crippen LogP contribution in [0.3, 0.4) is 0 Å². The number of oxime groups is 1. The average molecular weight is 417 g/mol. The average Bonchev–Trinajstić information content (AvgIpc) is 3.27. The first-order valence-electron chi connectivity index (χ1n) is 9.50. The highest BCUT2D eigenvalue weighted by Gasteiger charge is 2.29. The quantitative estimate of drug-likeness (QED) is 0.599. The molecule has 0 radical (unpaired) electrons. The normalized spacial score (nSPS) is 16.3. The van der Waals surface area contributed by atoms with Crippen LogP contribution in [-0.2, 0) is 9.63 Å². The lowest BCUT2D eigenvalue weighted by atomic mass is 9.91. The van der Waals surface area contributed by atoms with Crippen LogP contribution in [0.5, 0.6) is 0 Å². The zero-order valence-corrected chi connectivity index (χ0v) is 16.9. The SMILES string of the molecule is NC(=S)C(c1ccccc1)c1ccc(NC(=O)C2CC(c3cccnc3)=NO2)cc1. The van der Waals surface area contributed by atoms with E-state index < -0.39 is 6.10 Å². The lowest BCUT2D eigenvalue weighted by molar-refractivity contribution is -0.125. The van der Waals surface area contributed by atoms with Gasteiger partial charge in [-0.15, -0.1) is 0 Å². The second kappa shape index (κ2) is 8.84. The van der Waals surface area contributed by atoms with Crippen LogP contribution in [0.4, 0.5) is 5.69 Å². The molecule has 1 aliphatic rings. The van der Waals surface area contributed by atoms with Crippen molar-refractivity contribution in [1.82, 2.24) is 4.98 Å². The first-order valence-corrected chi connectivity index (χ1v) is 9.91. The lowest BCUT2D eigenvalue weighted by Crippen LogP contribution is -2.28. The molecule has 2 unspecified atom stereocenters. The summed E-state index contributed by atoms with van der Waals surface area (Å²) in [4.78, 5) is 22.4. The van der Waals surface area contributed by atoms with Gasteiger partial charge in [0.2, 0.25) is 6.10 Å². The number of hydrogen-bond donors (Lipinski definition) is 2. The van der Waals surface area contributed by atoms with Crippen LogP contribution < -0.4 is 11.1 Å². The first-order chi connectivity index (χ1) is 14.6. The Morgan fingerprint density at radius 2 is 1.80 bits per heavy atom. The van der Waals surface area contributed by atoms with Crippen LogP contribution in [-0.4, -0.2) is 27.7 Å². The Morgan fingerprint density at radius 1 is 1.07 bits per heavy atom. The van der Waals surface area contributed by atoms with Crippen molar-refractivity contribution >= 4 is 34.5 Å². The van der Waals surface area contributed by atoms with E-state index in [4.69, 9.17) is 22.8 Å². The van der Waals surface area contributed by atoms with Gasteiger partial charge in [-0.25, -0.2) is 0 Å². The molecule has 7 heteroatoms. The molecule has 1 aromatic heterocycles. The van der Waals surface area contributed by atoms with Crippen molar-refractivity contribution in [2.75, 3.05) is 5.32 Å². The molecule has 2 heterocycles. The summed E-state index contributed by atoms with van der Waals surface area (Å²) >= 11 is 5.28. The third kappa shape index (κ3) is 4.36. The summed E-state index contributed by atoms with van der Waals surface area (Å²) in [6.45, 7) is 0. The molecule has 3 N–H and O–H groups in total. The van der Waals surface area contributed by atoms with Crippen molar-refractivity contribution in [2.45, 2.75) is 18.4 Å². The number of benzene rings is 2. The van der Waals surface area contributed by atoms with E-state index >= 15 is 0 Å². The molecule has 0 aliphatic carbocycles. The summed E-state index contributed by atoms with van der Waals surface area (Å²) in [6.07, 6.45) is 3.11. The van der Waals surface area contributed by atoms with Crippen LogP contribution in [0.15, 0.2) is 84.3 Å². The summed E-state index contributed by atoms with van der Waals surface area (Å²) in [6, 6.07) is 21.1. The number of anilines is 1. The van der Waals surface area contributed by atoms with Crippen molar-refractivity contribution in [2.24, 2.45) is 10.9 Å². The minimum atomic E-state index is -0.673. The van der Waals surface area contributed by atoms with Crippen LogP contribution in [0, 0.1) is 0 Å². The van der Waals surface area contributed by atoms with E-state index in [1.807, 2.05) is 66.7 Å². The number of thiocarbonyl (C=S) groups is 1. The summed E-state index contributed by atoms with van der Waals surface area (Å²) in [5.74, 6) is -0.432. The molecule has 2 aromatic carbocycles. The monoisotopic (exact) mass is 416 g/mol. The highest BCUT2D eigenvalue weighted by molar-refractivity contribution is 7.80. The van der Waals surface area contributed by atoms with Gasteiger partial charge in [-0.2, -0.15) is 0 Å². The Hall–Kier alpha value is -3.58. The number of nitrogens with two attached hydrogens (primary N) is 1. The number of hydrogen-bond acceptors (Lipinski definition) is 5. The minimum absolute atomic E-state index is 0.181. The van der Waals surface area contributed by atoms with Crippen molar-refractivity contribution in [1.29, 1.82) is 0 Å². The Balaban J connectivity index is 1.41. The van der Waals surface area contributed by atoms with Crippen LogP contribution >= 0.6 is 12.2 Å². The van der Waals surface area contributed by atoms with E-state index in [0.29, 0.717) is 22.8 Å².